The second-order valence-corrected chi connectivity index (χ2v) is 7.75. The van der Waals surface area contributed by atoms with Crippen molar-refractivity contribution in [3.8, 4) is 0 Å². The zero-order chi connectivity index (χ0) is 18.6. The normalized spacial score (nSPS) is 21.3. The van der Waals surface area contributed by atoms with Crippen LogP contribution in [0.1, 0.15) is 48.3 Å². The van der Waals surface area contributed by atoms with E-state index in [1.165, 1.54) is 6.07 Å². The number of aromatic nitrogens is 1. The largest absolute Gasteiger partial charge is 0.396 e. The van der Waals surface area contributed by atoms with Gasteiger partial charge in [0.2, 0.25) is 0 Å². The molecule has 2 N–H and O–H groups in total. The lowest BCUT2D eigenvalue weighted by Gasteiger charge is -2.53. The maximum Gasteiger partial charge on any atom is 0.272 e. The maximum absolute atomic E-state index is 12.7. The van der Waals surface area contributed by atoms with Gasteiger partial charge in [-0.25, -0.2) is 8.78 Å². The number of carbonyl (C=O) groups is 2. The number of hydrogen-bond donors (Lipinski definition) is 1. The summed E-state index contributed by atoms with van der Waals surface area (Å²) in [6.45, 7) is 6.20. The predicted octanol–water partition coefficient (Wildman–Crippen LogP) is 2.61. The van der Waals surface area contributed by atoms with Crippen molar-refractivity contribution in [1.82, 2.24) is 9.88 Å². The van der Waals surface area contributed by atoms with Gasteiger partial charge in [-0.15, -0.1) is 0 Å². The van der Waals surface area contributed by atoms with Crippen LogP contribution >= 0.6 is 0 Å². The van der Waals surface area contributed by atoms with Crippen LogP contribution < -0.4 is 5.73 Å². The molecule has 2 aliphatic rings. The Labute approximate surface area is 144 Å². The molecule has 1 aromatic rings. The molecule has 0 aromatic carbocycles. The number of carbonyl (C=O) groups excluding carboxylic acids is 2. The highest BCUT2D eigenvalue weighted by atomic mass is 19.3. The second kappa shape index (κ2) is 5.61. The molecule has 1 fully saturated rings. The Morgan fingerprint density at radius 1 is 1.36 bits per heavy atom. The van der Waals surface area contributed by atoms with E-state index in [2.05, 4.69) is 4.98 Å². The number of allylic oxidation sites excluding steroid dienone is 1. The highest BCUT2D eigenvalue weighted by Gasteiger charge is 2.52. The van der Waals surface area contributed by atoms with Crippen LogP contribution in [0.3, 0.4) is 0 Å². The Hall–Kier alpha value is -2.31. The fraction of sp³-hybridized carbons (Fsp3) is 0.500. The van der Waals surface area contributed by atoms with Crippen LogP contribution in [-0.2, 0) is 4.79 Å². The van der Waals surface area contributed by atoms with Crippen LogP contribution in [0.4, 0.5) is 8.78 Å². The van der Waals surface area contributed by atoms with Gasteiger partial charge < -0.3 is 10.6 Å². The van der Waals surface area contributed by atoms with Crippen LogP contribution in [-0.4, -0.2) is 34.7 Å². The first kappa shape index (κ1) is 17.5. The quantitative estimate of drug-likeness (QED) is 0.890. The van der Waals surface area contributed by atoms with E-state index in [0.717, 1.165) is 6.20 Å². The summed E-state index contributed by atoms with van der Waals surface area (Å²) in [5.74, 6) is -0.353. The fourth-order valence-electron chi connectivity index (χ4n) is 3.95. The van der Waals surface area contributed by atoms with E-state index in [-0.39, 0.29) is 34.1 Å². The Bertz CT molecular complexity index is 781. The fourth-order valence-corrected chi connectivity index (χ4v) is 3.95. The summed E-state index contributed by atoms with van der Waals surface area (Å²) < 4.78 is 25.4. The summed E-state index contributed by atoms with van der Waals surface area (Å²) in [5, 5.41) is 0. The molecule has 1 aliphatic carbocycles. The summed E-state index contributed by atoms with van der Waals surface area (Å²) in [6.07, 6.45) is 0.823. The van der Waals surface area contributed by atoms with Crippen molar-refractivity contribution >= 4 is 11.7 Å². The number of nitrogens with zero attached hydrogens (tertiary/aromatic N) is 2. The SMILES string of the molecule is Cc1cc(C(F)F)cnc1C(=O)N1CC2(C=C(N)C(=O)C(C)(C)C2)C1. The Kier molecular flexibility index (Phi) is 3.93. The summed E-state index contributed by atoms with van der Waals surface area (Å²) in [7, 11) is 0. The van der Waals surface area contributed by atoms with Crippen molar-refractivity contribution in [2.24, 2.45) is 16.6 Å². The third kappa shape index (κ3) is 2.92. The van der Waals surface area contributed by atoms with E-state index >= 15 is 0 Å². The lowest BCUT2D eigenvalue weighted by molar-refractivity contribution is -0.127. The Morgan fingerprint density at radius 2 is 2.00 bits per heavy atom. The number of halogens is 2. The maximum atomic E-state index is 12.7. The lowest BCUT2D eigenvalue weighted by atomic mass is 9.62. The molecule has 0 bridgehead atoms. The van der Waals surface area contributed by atoms with Gasteiger partial charge in [-0.3, -0.25) is 14.6 Å². The van der Waals surface area contributed by atoms with Crippen molar-refractivity contribution in [2.45, 2.75) is 33.6 Å². The number of amides is 1. The molecule has 1 aliphatic heterocycles. The number of alkyl halides is 2. The zero-order valence-electron chi connectivity index (χ0n) is 14.5. The van der Waals surface area contributed by atoms with Gasteiger partial charge in [0.25, 0.3) is 12.3 Å². The Morgan fingerprint density at radius 3 is 2.52 bits per heavy atom. The molecule has 1 amide bonds. The van der Waals surface area contributed by atoms with Crippen LogP contribution in [0.25, 0.3) is 0 Å². The predicted molar refractivity (Wildman–Crippen MR) is 87.9 cm³/mol. The molecule has 25 heavy (non-hydrogen) atoms. The average Bonchev–Trinajstić information content (AvgIpc) is 2.48. The molecule has 5 nitrogen and oxygen atoms in total. The van der Waals surface area contributed by atoms with Crippen molar-refractivity contribution in [1.29, 1.82) is 0 Å². The molecule has 2 heterocycles. The molecule has 0 atom stereocenters. The van der Waals surface area contributed by atoms with Gasteiger partial charge in [0.1, 0.15) is 5.69 Å². The van der Waals surface area contributed by atoms with Crippen LogP contribution in [0.2, 0.25) is 0 Å². The summed E-state index contributed by atoms with van der Waals surface area (Å²) in [5.41, 5.74) is 5.68. The number of likely N-dealkylation sites (tertiary alicyclic amines) is 1. The summed E-state index contributed by atoms with van der Waals surface area (Å²) in [6, 6.07) is 1.29. The minimum Gasteiger partial charge on any atom is -0.396 e. The van der Waals surface area contributed by atoms with Crippen molar-refractivity contribution in [3.05, 3.63) is 40.9 Å². The molecule has 0 unspecified atom stereocenters. The highest BCUT2D eigenvalue weighted by molar-refractivity contribution is 6.00. The molecule has 134 valence electrons. The molecular formula is C18H21F2N3O2. The highest BCUT2D eigenvalue weighted by Crippen LogP contribution is 2.47. The van der Waals surface area contributed by atoms with E-state index in [1.807, 2.05) is 13.8 Å². The zero-order valence-corrected chi connectivity index (χ0v) is 14.5. The standard InChI is InChI=1S/C18H21F2N3O2/c1-10-4-11(15(19)20)6-22-13(10)16(25)23-8-18(9-23)5-12(21)14(24)17(2,3)7-18/h4-6,15H,7-9,21H2,1-3H3. The second-order valence-electron chi connectivity index (χ2n) is 7.75. The number of ketones is 1. The lowest BCUT2D eigenvalue weighted by Crippen LogP contribution is -2.61. The summed E-state index contributed by atoms with van der Waals surface area (Å²) in [4.78, 5) is 30.3. The van der Waals surface area contributed by atoms with Crippen LogP contribution in [0.5, 0.6) is 0 Å². The number of pyridine rings is 1. The van der Waals surface area contributed by atoms with E-state index in [1.54, 1.807) is 17.9 Å². The first-order valence-electron chi connectivity index (χ1n) is 8.12. The minimum absolute atomic E-state index is 0.0667. The topological polar surface area (TPSA) is 76.3 Å². The number of rotatable bonds is 2. The molecule has 1 spiro atoms. The van der Waals surface area contributed by atoms with E-state index < -0.39 is 11.8 Å². The minimum atomic E-state index is -2.61. The van der Waals surface area contributed by atoms with Gasteiger partial charge >= 0.3 is 0 Å². The van der Waals surface area contributed by atoms with Gasteiger partial charge in [-0.1, -0.05) is 13.8 Å². The van der Waals surface area contributed by atoms with Gasteiger partial charge in [0.15, 0.2) is 5.78 Å². The van der Waals surface area contributed by atoms with Gasteiger partial charge in [-0.05, 0) is 31.1 Å². The van der Waals surface area contributed by atoms with Gasteiger partial charge in [0, 0.05) is 35.7 Å². The molecule has 0 saturated carbocycles. The van der Waals surface area contributed by atoms with Gasteiger partial charge in [-0.2, -0.15) is 0 Å². The van der Waals surface area contributed by atoms with Crippen LogP contribution in [0.15, 0.2) is 24.0 Å². The summed E-state index contributed by atoms with van der Waals surface area (Å²) >= 11 is 0. The van der Waals surface area contributed by atoms with E-state index in [4.69, 9.17) is 5.73 Å². The molecule has 1 saturated heterocycles. The van der Waals surface area contributed by atoms with Crippen LogP contribution in [0, 0.1) is 17.8 Å². The van der Waals surface area contributed by atoms with Crippen molar-refractivity contribution in [2.75, 3.05) is 13.1 Å². The average molecular weight is 349 g/mol. The number of Topliss-reactive ketones (excluding diaryl/α,β-unsaturated/α-hetero) is 1. The first-order chi connectivity index (χ1) is 11.5. The third-order valence-electron chi connectivity index (χ3n) is 4.99. The number of nitrogens with two attached hydrogens (primary N) is 1. The number of hydrogen-bond acceptors (Lipinski definition) is 4. The third-order valence-corrected chi connectivity index (χ3v) is 4.99. The molecule has 3 rings (SSSR count). The van der Waals surface area contributed by atoms with E-state index in [9.17, 15) is 18.4 Å². The van der Waals surface area contributed by atoms with Gasteiger partial charge in [0.05, 0.1) is 5.70 Å². The van der Waals surface area contributed by atoms with Crippen molar-refractivity contribution in [3.63, 3.8) is 0 Å². The molecule has 7 heteroatoms. The van der Waals surface area contributed by atoms with Crippen molar-refractivity contribution < 1.29 is 18.4 Å². The molecular weight excluding hydrogens is 328 g/mol. The first-order valence-corrected chi connectivity index (χ1v) is 8.12. The monoisotopic (exact) mass is 349 g/mol. The number of aryl methyl sites for hydroxylation is 1. The molecule has 1 aromatic heterocycles. The van der Waals surface area contributed by atoms with E-state index in [0.29, 0.717) is 25.1 Å². The smallest absolute Gasteiger partial charge is 0.272 e. The Balaban J connectivity index is 1.77. The molecule has 0 radical (unpaired) electrons.